The summed E-state index contributed by atoms with van der Waals surface area (Å²) in [5, 5.41) is 0. The summed E-state index contributed by atoms with van der Waals surface area (Å²) >= 11 is 0. The van der Waals surface area contributed by atoms with E-state index in [2.05, 4.69) is 76.3 Å². The molecule has 0 heterocycles. The van der Waals surface area contributed by atoms with Crippen LogP contribution in [0.3, 0.4) is 0 Å². The Morgan fingerprint density at radius 3 is 0.685 bits per heavy atom. The zero-order chi connectivity index (χ0) is 66.3. The number of esters is 4. The maximum absolute atomic E-state index is 13.4. The second-order valence-corrected chi connectivity index (χ2v) is 27.4. The fourth-order valence-electron chi connectivity index (χ4n) is 11.0. The van der Waals surface area contributed by atoms with Crippen molar-refractivity contribution in [1.82, 2.24) is 6.15 Å². The number of phosphoric ester groups is 1. The first-order valence-corrected chi connectivity index (χ1v) is 39.9. The van der Waals surface area contributed by atoms with Gasteiger partial charge in [0.05, 0.1) is 13.2 Å². The molecule has 4 N–H and O–H groups in total. The number of carbonyl (C=O) groups excluding carboxylic acids is 4. The molecule has 13 nitrogen and oxygen atoms in total. The molecule has 2 atom stereocenters. The Bertz CT molecular complexity index is 1670. The van der Waals surface area contributed by atoms with Gasteiger partial charge in [-0.25, -0.2) is 0 Å². The Morgan fingerprint density at radius 1 is 0.283 bits per heavy atom. The van der Waals surface area contributed by atoms with E-state index >= 15 is 0 Å². The van der Waals surface area contributed by atoms with E-state index in [0.717, 1.165) is 154 Å². The number of phosphoric acid groups is 1. The molecule has 0 amide bonds. The zero-order valence-electron chi connectivity index (χ0n) is 60.5. The number of unbranched alkanes of at least 4 members (excludes halogenated alkanes) is 44. The van der Waals surface area contributed by atoms with Crippen LogP contribution in [-0.2, 0) is 51.7 Å². The van der Waals surface area contributed by atoms with Crippen LogP contribution in [-0.4, -0.2) is 62.5 Å². The standard InChI is InChI=1S/C78H143O12P.H3N/c1-5-9-13-17-21-25-29-33-37-41-45-49-53-57-61-65-75(79)85-69-73(89-77(81)67-63-59-55-51-47-43-39-35-31-27-23-19-15-11-7-3)71-87-91(83,84)88-72-74(90-78(82)68-64-60-56-52-48-44-40-36-32-28-24-20-16-12-8-4)70-86-76(80)66-62-58-54-50-46-42-38-34-30-26-22-18-14-10-6-2;/h33-40,73-74H,5-32,41-72H2,1-4H3,(H,83,84);1H3/b37-33-,38-34-,39-35-,40-36-;/t73-,74-;/m0./s1. The average molecular weight is 1320 g/mol. The smallest absolute Gasteiger partial charge is 0.306 e. The summed E-state index contributed by atoms with van der Waals surface area (Å²) in [6.45, 7) is 6.92. The molecule has 0 fully saturated rings. The minimum atomic E-state index is -5.11. The number of hydrogen-bond donors (Lipinski definition) is 1. The van der Waals surface area contributed by atoms with Crippen molar-refractivity contribution in [3.8, 4) is 0 Å². The summed E-state index contributed by atoms with van der Waals surface area (Å²) in [4.78, 5) is 65.5. The normalized spacial score (nSPS) is 12.6. The molecular formula is C78H146NO12P. The van der Waals surface area contributed by atoms with E-state index in [1.807, 2.05) is 0 Å². The Hall–Kier alpha value is -3.09. The van der Waals surface area contributed by atoms with E-state index in [1.165, 1.54) is 154 Å². The quantitative estimate of drug-likeness (QED) is 0.0199. The van der Waals surface area contributed by atoms with Gasteiger partial charge in [-0.2, -0.15) is 0 Å². The van der Waals surface area contributed by atoms with Gasteiger partial charge in [0.1, 0.15) is 13.2 Å². The molecule has 14 heteroatoms. The van der Waals surface area contributed by atoms with Gasteiger partial charge in [-0.1, -0.05) is 282 Å². The molecule has 0 saturated carbocycles. The molecule has 0 rings (SSSR count). The molecule has 0 aliphatic rings. The molecule has 0 radical (unpaired) electrons. The van der Waals surface area contributed by atoms with Crippen molar-refractivity contribution >= 4 is 31.7 Å². The number of hydrogen-bond acceptors (Lipinski definition) is 12. The van der Waals surface area contributed by atoms with Crippen LogP contribution in [0.4, 0.5) is 0 Å². The lowest BCUT2D eigenvalue weighted by atomic mass is 10.1. The van der Waals surface area contributed by atoms with Crippen molar-refractivity contribution in [2.75, 3.05) is 26.4 Å². The van der Waals surface area contributed by atoms with Crippen LogP contribution in [0.5, 0.6) is 0 Å². The van der Waals surface area contributed by atoms with Crippen molar-refractivity contribution in [1.29, 1.82) is 0 Å². The molecular weight excluding hydrogens is 1170 g/mol. The second-order valence-electron chi connectivity index (χ2n) is 26.0. The van der Waals surface area contributed by atoms with Gasteiger partial charge >= 0.3 is 23.9 Å². The average Bonchev–Trinajstić information content (AvgIpc) is 1.58. The van der Waals surface area contributed by atoms with Gasteiger partial charge in [0.15, 0.2) is 12.2 Å². The van der Waals surface area contributed by atoms with E-state index in [0.29, 0.717) is 25.7 Å². The molecule has 92 heavy (non-hydrogen) atoms. The summed E-state index contributed by atoms with van der Waals surface area (Å²) in [6.07, 6.45) is 75.5. The van der Waals surface area contributed by atoms with Crippen LogP contribution in [0, 0.1) is 0 Å². The van der Waals surface area contributed by atoms with Crippen LogP contribution >= 0.6 is 7.82 Å². The topological polar surface area (TPSA) is 200 Å². The summed E-state index contributed by atoms with van der Waals surface area (Å²) in [6, 6.07) is 0. The largest absolute Gasteiger partial charge is 0.756 e. The summed E-state index contributed by atoms with van der Waals surface area (Å²) in [5.41, 5.74) is 0. The van der Waals surface area contributed by atoms with Gasteiger partial charge in [-0.05, 0) is 128 Å². The Labute approximate surface area is 566 Å². The fourth-order valence-corrected chi connectivity index (χ4v) is 11.8. The third-order valence-electron chi connectivity index (χ3n) is 16.9. The lowest BCUT2D eigenvalue weighted by molar-refractivity contribution is -0.231. The van der Waals surface area contributed by atoms with E-state index in [1.54, 1.807) is 0 Å². The molecule has 0 spiro atoms. The van der Waals surface area contributed by atoms with Crippen LogP contribution in [0.2, 0.25) is 0 Å². The van der Waals surface area contributed by atoms with E-state index in [4.69, 9.17) is 28.0 Å². The highest BCUT2D eigenvalue weighted by molar-refractivity contribution is 7.45. The van der Waals surface area contributed by atoms with Crippen molar-refractivity contribution in [3.63, 3.8) is 0 Å². The Balaban J connectivity index is 0. The lowest BCUT2D eigenvalue weighted by Gasteiger charge is -2.27. The second kappa shape index (κ2) is 73.7. The predicted octanol–water partition coefficient (Wildman–Crippen LogP) is 23.9. The summed E-state index contributed by atoms with van der Waals surface area (Å²) in [7, 11) is -5.11. The van der Waals surface area contributed by atoms with Gasteiger partial charge in [0, 0.05) is 25.7 Å². The molecule has 0 aromatic rings. The molecule has 0 aliphatic heterocycles. The third-order valence-corrected chi connectivity index (χ3v) is 17.8. The third kappa shape index (κ3) is 71.2. The molecule has 0 bridgehead atoms. The van der Waals surface area contributed by atoms with Gasteiger partial charge < -0.3 is 39.0 Å². The highest BCUT2D eigenvalue weighted by atomic mass is 31.2. The Kier molecular flexibility index (Phi) is 72.9. The maximum atomic E-state index is 13.4. The molecule has 0 saturated heterocycles. The maximum Gasteiger partial charge on any atom is 0.306 e. The van der Waals surface area contributed by atoms with Gasteiger partial charge in [-0.15, -0.1) is 0 Å². The van der Waals surface area contributed by atoms with Crippen LogP contribution in [0.15, 0.2) is 48.6 Å². The van der Waals surface area contributed by atoms with Crippen LogP contribution < -0.4 is 11.0 Å². The highest BCUT2D eigenvalue weighted by Crippen LogP contribution is 2.39. The van der Waals surface area contributed by atoms with E-state index in [-0.39, 0.29) is 45.0 Å². The number of quaternary nitrogens is 1. The van der Waals surface area contributed by atoms with Gasteiger partial charge in [-0.3, -0.25) is 23.7 Å². The van der Waals surface area contributed by atoms with Crippen molar-refractivity contribution < 1.29 is 56.6 Å². The minimum absolute atomic E-state index is 0. The first-order valence-electron chi connectivity index (χ1n) is 38.5. The van der Waals surface area contributed by atoms with Crippen LogP contribution in [0.1, 0.15) is 387 Å². The van der Waals surface area contributed by atoms with Crippen molar-refractivity contribution in [2.45, 2.75) is 399 Å². The first-order chi connectivity index (χ1) is 44.6. The Morgan fingerprint density at radius 2 is 0.467 bits per heavy atom. The predicted molar refractivity (Wildman–Crippen MR) is 385 cm³/mol. The number of ether oxygens (including phenoxy) is 4. The zero-order valence-corrected chi connectivity index (χ0v) is 61.4. The van der Waals surface area contributed by atoms with Crippen molar-refractivity contribution in [3.05, 3.63) is 48.6 Å². The van der Waals surface area contributed by atoms with Gasteiger partial charge in [0.2, 0.25) is 0 Å². The molecule has 0 unspecified atom stereocenters. The van der Waals surface area contributed by atoms with Gasteiger partial charge in [0.25, 0.3) is 7.82 Å². The van der Waals surface area contributed by atoms with Crippen molar-refractivity contribution in [2.24, 2.45) is 0 Å². The first kappa shape index (κ1) is 91.0. The summed E-state index contributed by atoms with van der Waals surface area (Å²) < 4.78 is 46.3. The minimum Gasteiger partial charge on any atom is -0.756 e. The lowest BCUT2D eigenvalue weighted by Crippen LogP contribution is -2.32. The number of rotatable bonds is 72. The monoisotopic (exact) mass is 1320 g/mol. The molecule has 0 aromatic carbocycles. The van der Waals surface area contributed by atoms with E-state index in [9.17, 15) is 28.6 Å². The number of allylic oxidation sites excluding steroid dienone is 8. The molecule has 0 aliphatic carbocycles. The summed E-state index contributed by atoms with van der Waals surface area (Å²) in [5.74, 6) is -2.00. The molecule has 540 valence electrons. The fraction of sp³-hybridized carbons (Fsp3) is 0.846. The van der Waals surface area contributed by atoms with Crippen LogP contribution in [0.25, 0.3) is 0 Å². The van der Waals surface area contributed by atoms with E-state index < -0.39 is 57.1 Å². The SMILES string of the molecule is CCCCCCCC/C=C\CCCCCCCC(=O)OC[C@@H](COP(=O)([O-])OC[C@H](COC(=O)CCCCCCC/C=C\CCCCCCCC)OC(=O)CCCCCCC/C=C\CCCCCCCC)OC(=O)CCCCCCC/C=C\CCCCCCCC.[NH4+]. The number of carbonyl (C=O) groups is 4. The molecule has 0 aromatic heterocycles. The highest BCUT2D eigenvalue weighted by Gasteiger charge is 2.24.